The molecule has 0 N–H and O–H groups in total. The summed E-state index contributed by atoms with van der Waals surface area (Å²) in [5, 5.41) is 9.70. The van der Waals surface area contributed by atoms with Gasteiger partial charge in [-0.15, -0.1) is 0 Å². The minimum Gasteiger partial charge on any atom is -0.455 e. The molecule has 0 saturated carbocycles. The fourth-order valence-electron chi connectivity index (χ4n) is 15.8. The molecule has 6 aromatic heterocycles. The number of hydrogen-bond donors (Lipinski definition) is 0. The van der Waals surface area contributed by atoms with E-state index in [2.05, 4.69) is 329 Å². The van der Waals surface area contributed by atoms with E-state index in [0.717, 1.165) is 107 Å². The molecule has 21 aromatic rings. The summed E-state index contributed by atoms with van der Waals surface area (Å²) in [6.45, 7) is 0.756. The zero-order valence-corrected chi connectivity index (χ0v) is 59.3. The molecular formula is C101H67N7O. The Morgan fingerprint density at radius 3 is 1.35 bits per heavy atom. The van der Waals surface area contributed by atoms with Crippen LogP contribution in [0.1, 0.15) is 11.1 Å². The van der Waals surface area contributed by atoms with Gasteiger partial charge in [-0.05, 0) is 136 Å². The zero-order valence-electron chi connectivity index (χ0n) is 59.3. The maximum absolute atomic E-state index is 6.32. The lowest BCUT2D eigenvalue weighted by Crippen LogP contribution is -2.00. The van der Waals surface area contributed by atoms with Crippen LogP contribution in [-0.4, -0.2) is 33.6 Å². The highest BCUT2D eigenvalue weighted by atomic mass is 16.3. The first kappa shape index (κ1) is 64.0. The Kier molecular flexibility index (Phi) is 16.1. The molecule has 0 saturated heterocycles. The summed E-state index contributed by atoms with van der Waals surface area (Å²) in [5.74, 6) is 1.95. The number of benzene rings is 15. The van der Waals surface area contributed by atoms with Gasteiger partial charge in [-0.1, -0.05) is 291 Å². The van der Waals surface area contributed by atoms with Gasteiger partial charge in [0.25, 0.3) is 0 Å². The van der Waals surface area contributed by atoms with Crippen LogP contribution in [0.5, 0.6) is 0 Å². The lowest BCUT2D eigenvalue weighted by atomic mass is 9.98. The fourth-order valence-corrected chi connectivity index (χ4v) is 15.8. The van der Waals surface area contributed by atoms with E-state index in [0.29, 0.717) is 17.5 Å². The molecule has 0 unspecified atom stereocenters. The van der Waals surface area contributed by atoms with E-state index in [1.807, 2.05) is 78.9 Å². The van der Waals surface area contributed by atoms with Crippen LogP contribution >= 0.6 is 0 Å². The van der Waals surface area contributed by atoms with Crippen molar-refractivity contribution >= 4 is 99.6 Å². The van der Waals surface area contributed by atoms with Crippen LogP contribution in [0.25, 0.3) is 195 Å². The van der Waals surface area contributed by atoms with Crippen molar-refractivity contribution in [2.24, 2.45) is 0 Å². The second kappa shape index (κ2) is 27.5. The first-order valence-electron chi connectivity index (χ1n) is 36.9. The first-order chi connectivity index (χ1) is 54.0. The van der Waals surface area contributed by atoms with E-state index in [-0.39, 0.29) is 0 Å². The Morgan fingerprint density at radius 1 is 0.257 bits per heavy atom. The summed E-state index contributed by atoms with van der Waals surface area (Å²) in [4.78, 5) is 20.0. The molecule has 0 bridgehead atoms. The van der Waals surface area contributed by atoms with Crippen molar-refractivity contribution in [3.8, 4) is 95.7 Å². The van der Waals surface area contributed by atoms with Gasteiger partial charge in [0, 0.05) is 106 Å². The number of hydrogen-bond acceptors (Lipinski definition) is 5. The molecule has 0 radical (unpaired) electrons. The summed E-state index contributed by atoms with van der Waals surface area (Å²) in [5.41, 5.74) is 26.3. The number of para-hydroxylation sites is 6. The summed E-state index contributed by atoms with van der Waals surface area (Å²) in [6.07, 6.45) is 4.33. The second-order valence-corrected chi connectivity index (χ2v) is 27.7. The predicted octanol–water partition coefficient (Wildman–Crippen LogP) is 26.2. The van der Waals surface area contributed by atoms with Crippen molar-refractivity contribution in [1.29, 1.82) is 0 Å². The molecule has 0 atom stereocenters. The van der Waals surface area contributed by atoms with E-state index in [1.54, 1.807) is 0 Å². The van der Waals surface area contributed by atoms with Gasteiger partial charge in [0.05, 0.1) is 33.5 Å². The molecule has 0 fully saturated rings. The van der Waals surface area contributed by atoms with Crippen molar-refractivity contribution < 1.29 is 4.42 Å². The lowest BCUT2D eigenvalue weighted by Gasteiger charge is -2.11. The Morgan fingerprint density at radius 2 is 0.670 bits per heavy atom. The highest BCUT2D eigenvalue weighted by molar-refractivity contribution is 6.13. The third-order valence-corrected chi connectivity index (χ3v) is 21.1. The Balaban J connectivity index is 0.000000144. The number of rotatable bonds is 13. The van der Waals surface area contributed by atoms with E-state index >= 15 is 0 Å². The van der Waals surface area contributed by atoms with Gasteiger partial charge in [0.1, 0.15) is 11.2 Å². The Bertz CT molecular complexity index is 6920. The molecule has 512 valence electrons. The average molecular weight is 1390 g/mol. The van der Waals surface area contributed by atoms with Crippen LogP contribution in [0, 0.1) is 0 Å². The summed E-state index contributed by atoms with van der Waals surface area (Å²) in [6, 6.07) is 135. The topological polar surface area (TPSA) is 79.5 Å². The van der Waals surface area contributed by atoms with E-state index < -0.39 is 0 Å². The lowest BCUT2D eigenvalue weighted by molar-refractivity contribution is 0.668. The first-order valence-corrected chi connectivity index (χ1v) is 36.9. The zero-order chi connectivity index (χ0) is 72.1. The van der Waals surface area contributed by atoms with Crippen molar-refractivity contribution in [2.75, 3.05) is 0 Å². The standard InChI is InChI=1S/C52H35N5.C49H32N2O/c1-4-15-36(16-5-1)50-53-51(37-17-6-2-7-18-37)55-52(54-50)40-20-14-19-38(32-40)39-28-30-47-45(33-39)42-23-10-12-25-46(42)56(47)34-35-27-29-49-44(31-35)43-24-11-13-26-48(43)57(49)41-21-8-3-9-22-41;1-3-12-33(13-4-1)39-31-44(35-14-5-2-6-15-35)50-45(32-39)36-24-22-34(23-25-36)38-26-27-47-43(30-38)40-17-7-9-20-46(40)51(47)29-28-37-16-11-19-42-41-18-8-10-21-48(41)52-49(37)42/h1-33H,34H2;1-32H/b;29-28+. The van der Waals surface area contributed by atoms with Crippen LogP contribution in [0.4, 0.5) is 0 Å². The van der Waals surface area contributed by atoms with Crippen molar-refractivity contribution in [3.63, 3.8) is 0 Å². The molecule has 0 aliphatic rings. The van der Waals surface area contributed by atoms with Gasteiger partial charge in [0.2, 0.25) is 0 Å². The van der Waals surface area contributed by atoms with Gasteiger partial charge < -0.3 is 18.1 Å². The monoisotopic (exact) mass is 1390 g/mol. The molecule has 0 aliphatic heterocycles. The average Bonchev–Trinajstić information content (AvgIpc) is 1.61. The van der Waals surface area contributed by atoms with Crippen molar-refractivity contribution in [3.05, 3.63) is 393 Å². The maximum atomic E-state index is 6.32. The maximum Gasteiger partial charge on any atom is 0.164 e. The molecule has 0 amide bonds. The summed E-state index contributed by atoms with van der Waals surface area (Å²) >= 11 is 0. The number of aromatic nitrogens is 7. The largest absolute Gasteiger partial charge is 0.455 e. The van der Waals surface area contributed by atoms with Gasteiger partial charge in [-0.25, -0.2) is 19.9 Å². The van der Waals surface area contributed by atoms with Gasteiger partial charge in [0.15, 0.2) is 17.5 Å². The molecule has 0 aliphatic carbocycles. The molecule has 109 heavy (non-hydrogen) atoms. The number of fused-ring (bicyclic) bond motifs is 12. The normalized spacial score (nSPS) is 11.7. The predicted molar refractivity (Wildman–Crippen MR) is 452 cm³/mol. The molecule has 6 heterocycles. The number of furan rings is 1. The summed E-state index contributed by atoms with van der Waals surface area (Å²) < 4.78 is 13.4. The Hall–Kier alpha value is -14.6. The van der Waals surface area contributed by atoms with Crippen LogP contribution in [0.15, 0.2) is 387 Å². The van der Waals surface area contributed by atoms with Crippen LogP contribution in [0.3, 0.4) is 0 Å². The van der Waals surface area contributed by atoms with E-state index in [1.165, 1.54) is 76.8 Å². The highest BCUT2D eigenvalue weighted by Gasteiger charge is 2.20. The van der Waals surface area contributed by atoms with Crippen molar-refractivity contribution in [1.82, 2.24) is 33.6 Å². The fraction of sp³-hybridized carbons (Fsp3) is 0.00990. The molecule has 21 rings (SSSR count). The number of pyridine rings is 1. The van der Waals surface area contributed by atoms with Crippen LogP contribution in [0.2, 0.25) is 0 Å². The SMILES string of the molecule is C(=C\n1c2ccccc2c2cc(-c3ccc(-c4cc(-c5ccccc5)cc(-c5ccccc5)n4)cc3)ccc21)/c1cccc2c1oc1ccccc12.c1ccc(-c2nc(-c3ccccc3)nc(-c3cccc(-c4ccc5c(c4)c4ccccc4n5Cc4ccc5c(c4)c4ccccc4n5-c4ccccc4)c3)n2)cc1. The molecule has 8 heteroatoms. The number of nitrogens with zero attached hydrogens (tertiary/aromatic N) is 7. The van der Waals surface area contributed by atoms with Crippen LogP contribution < -0.4 is 0 Å². The second-order valence-electron chi connectivity index (χ2n) is 27.7. The molecule has 15 aromatic carbocycles. The third kappa shape index (κ3) is 12.0. The van der Waals surface area contributed by atoms with E-state index in [4.69, 9.17) is 24.4 Å². The minimum atomic E-state index is 0.645. The van der Waals surface area contributed by atoms with Crippen LogP contribution in [-0.2, 0) is 6.54 Å². The Labute approximate surface area is 629 Å². The quantitative estimate of drug-likeness (QED) is 0.115. The minimum absolute atomic E-state index is 0.645. The third-order valence-electron chi connectivity index (χ3n) is 21.1. The van der Waals surface area contributed by atoms with Gasteiger partial charge >= 0.3 is 0 Å². The van der Waals surface area contributed by atoms with E-state index in [9.17, 15) is 0 Å². The van der Waals surface area contributed by atoms with Gasteiger partial charge in [-0.2, -0.15) is 0 Å². The highest BCUT2D eigenvalue weighted by Crippen LogP contribution is 2.41. The molecule has 8 nitrogen and oxygen atoms in total. The van der Waals surface area contributed by atoms with Gasteiger partial charge in [-0.3, -0.25) is 0 Å². The van der Waals surface area contributed by atoms with Crippen molar-refractivity contribution in [2.45, 2.75) is 6.54 Å². The molecular weight excluding hydrogens is 1330 g/mol. The summed E-state index contributed by atoms with van der Waals surface area (Å²) in [7, 11) is 0. The molecule has 0 spiro atoms. The smallest absolute Gasteiger partial charge is 0.164 e.